The summed E-state index contributed by atoms with van der Waals surface area (Å²) in [6.07, 6.45) is 0.344. The zero-order valence-corrected chi connectivity index (χ0v) is 8.02. The van der Waals surface area contributed by atoms with Crippen LogP contribution in [0.5, 0.6) is 0 Å². The van der Waals surface area contributed by atoms with Crippen molar-refractivity contribution < 1.29 is 4.79 Å². The van der Waals surface area contributed by atoms with E-state index in [1.165, 1.54) is 11.3 Å². The van der Waals surface area contributed by atoms with Crippen molar-refractivity contribution in [1.82, 2.24) is 4.98 Å². The topological polar surface area (TPSA) is 56.0 Å². The molecule has 0 radical (unpaired) electrons. The van der Waals surface area contributed by atoms with E-state index in [9.17, 15) is 4.79 Å². The Morgan fingerprint density at radius 3 is 2.83 bits per heavy atom. The molecule has 0 aliphatic heterocycles. The Labute approximate surface area is 75.6 Å². The molecule has 12 heavy (non-hydrogen) atoms. The molecule has 0 saturated heterocycles. The summed E-state index contributed by atoms with van der Waals surface area (Å²) >= 11 is 1.42. The standard InChI is InChI=1S/C8H12N2OS/c1-8(2,9)3-7(11)6-4-12-5-10-6/h4-5H,3,9H2,1-2H3. The van der Waals surface area contributed by atoms with Gasteiger partial charge in [0.25, 0.3) is 0 Å². The van der Waals surface area contributed by atoms with Gasteiger partial charge in [-0.1, -0.05) is 0 Å². The summed E-state index contributed by atoms with van der Waals surface area (Å²) in [6, 6.07) is 0. The SMILES string of the molecule is CC(C)(N)CC(=O)c1cscn1. The fourth-order valence-electron chi connectivity index (χ4n) is 0.855. The third kappa shape index (κ3) is 2.71. The van der Waals surface area contributed by atoms with Crippen LogP contribution in [0.4, 0.5) is 0 Å². The maximum atomic E-state index is 11.4. The number of ketones is 1. The highest BCUT2D eigenvalue weighted by molar-refractivity contribution is 7.07. The van der Waals surface area contributed by atoms with Gasteiger partial charge in [-0.05, 0) is 13.8 Å². The summed E-state index contributed by atoms with van der Waals surface area (Å²) in [5.74, 6) is 0.0174. The van der Waals surface area contributed by atoms with Crippen LogP contribution in [0.3, 0.4) is 0 Å². The molecule has 1 heterocycles. The van der Waals surface area contributed by atoms with Crippen LogP contribution in [-0.4, -0.2) is 16.3 Å². The zero-order valence-electron chi connectivity index (χ0n) is 7.20. The van der Waals surface area contributed by atoms with Gasteiger partial charge in [0.05, 0.1) is 5.51 Å². The lowest BCUT2D eigenvalue weighted by Gasteiger charge is -2.15. The highest BCUT2D eigenvalue weighted by atomic mass is 32.1. The molecule has 0 amide bonds. The number of nitrogens with zero attached hydrogens (tertiary/aromatic N) is 1. The minimum atomic E-state index is -0.444. The number of hydrogen-bond acceptors (Lipinski definition) is 4. The summed E-state index contributed by atoms with van der Waals surface area (Å²) in [5.41, 5.74) is 7.43. The van der Waals surface area contributed by atoms with Crippen molar-refractivity contribution in [1.29, 1.82) is 0 Å². The molecule has 0 atom stereocenters. The van der Waals surface area contributed by atoms with E-state index < -0.39 is 5.54 Å². The van der Waals surface area contributed by atoms with Crippen LogP contribution in [0.1, 0.15) is 30.8 Å². The van der Waals surface area contributed by atoms with Gasteiger partial charge in [0.2, 0.25) is 0 Å². The van der Waals surface area contributed by atoms with Crippen molar-refractivity contribution in [3.63, 3.8) is 0 Å². The summed E-state index contributed by atoms with van der Waals surface area (Å²) in [7, 11) is 0. The van der Waals surface area contributed by atoms with E-state index in [0.29, 0.717) is 12.1 Å². The van der Waals surface area contributed by atoms with Crippen molar-refractivity contribution in [3.8, 4) is 0 Å². The van der Waals surface area contributed by atoms with Crippen LogP contribution in [0, 0.1) is 0 Å². The monoisotopic (exact) mass is 184 g/mol. The van der Waals surface area contributed by atoms with E-state index in [0.717, 1.165) is 0 Å². The largest absolute Gasteiger partial charge is 0.325 e. The van der Waals surface area contributed by atoms with Crippen molar-refractivity contribution in [3.05, 3.63) is 16.6 Å². The third-order valence-electron chi connectivity index (χ3n) is 1.33. The highest BCUT2D eigenvalue weighted by Crippen LogP contribution is 2.10. The summed E-state index contributed by atoms with van der Waals surface area (Å²) < 4.78 is 0. The Kier molecular flexibility index (Phi) is 2.59. The quantitative estimate of drug-likeness (QED) is 0.723. The van der Waals surface area contributed by atoms with Crippen molar-refractivity contribution in [2.24, 2.45) is 5.73 Å². The first-order valence-corrected chi connectivity index (χ1v) is 4.63. The van der Waals surface area contributed by atoms with Crippen LogP contribution in [0.15, 0.2) is 10.9 Å². The molecule has 1 aromatic rings. The number of thiazole rings is 1. The number of carbonyl (C=O) groups excluding carboxylic acids is 1. The minimum Gasteiger partial charge on any atom is -0.325 e. The van der Waals surface area contributed by atoms with E-state index >= 15 is 0 Å². The summed E-state index contributed by atoms with van der Waals surface area (Å²) in [5, 5.41) is 1.74. The molecule has 4 heteroatoms. The summed E-state index contributed by atoms with van der Waals surface area (Å²) in [4.78, 5) is 15.3. The van der Waals surface area contributed by atoms with E-state index in [-0.39, 0.29) is 5.78 Å². The Hall–Kier alpha value is -0.740. The number of rotatable bonds is 3. The number of Topliss-reactive ketones (excluding diaryl/α,β-unsaturated/α-hetero) is 1. The molecule has 2 N–H and O–H groups in total. The van der Waals surface area contributed by atoms with Crippen LogP contribution in [0.2, 0.25) is 0 Å². The fraction of sp³-hybridized carbons (Fsp3) is 0.500. The normalized spacial score (nSPS) is 11.6. The third-order valence-corrected chi connectivity index (χ3v) is 1.92. The van der Waals surface area contributed by atoms with Gasteiger partial charge >= 0.3 is 0 Å². The van der Waals surface area contributed by atoms with Crippen molar-refractivity contribution in [2.45, 2.75) is 25.8 Å². The molecule has 0 bridgehead atoms. The van der Waals surface area contributed by atoms with Crippen LogP contribution in [-0.2, 0) is 0 Å². The molecule has 1 rings (SSSR count). The lowest BCUT2D eigenvalue weighted by atomic mass is 9.98. The number of hydrogen-bond donors (Lipinski definition) is 1. The first kappa shape index (κ1) is 9.35. The average molecular weight is 184 g/mol. The van der Waals surface area contributed by atoms with Crippen LogP contribution >= 0.6 is 11.3 Å². The Bertz CT molecular complexity index is 261. The minimum absolute atomic E-state index is 0.0174. The van der Waals surface area contributed by atoms with Gasteiger partial charge in [0.15, 0.2) is 5.78 Å². The van der Waals surface area contributed by atoms with Crippen molar-refractivity contribution in [2.75, 3.05) is 0 Å². The maximum Gasteiger partial charge on any atom is 0.183 e. The molecule has 0 unspecified atom stereocenters. The van der Waals surface area contributed by atoms with E-state index in [2.05, 4.69) is 4.98 Å². The fourth-order valence-corrected chi connectivity index (χ4v) is 1.41. The van der Waals surface area contributed by atoms with Crippen LogP contribution < -0.4 is 5.73 Å². The molecular weight excluding hydrogens is 172 g/mol. The number of nitrogens with two attached hydrogens (primary N) is 1. The lowest BCUT2D eigenvalue weighted by Crippen LogP contribution is -2.34. The highest BCUT2D eigenvalue weighted by Gasteiger charge is 2.18. The Balaban J connectivity index is 2.63. The molecule has 66 valence electrons. The maximum absolute atomic E-state index is 11.4. The lowest BCUT2D eigenvalue weighted by molar-refractivity contribution is 0.0956. The number of aromatic nitrogens is 1. The predicted octanol–water partition coefficient (Wildman–Crippen LogP) is 1.45. The Morgan fingerprint density at radius 2 is 2.42 bits per heavy atom. The smallest absolute Gasteiger partial charge is 0.183 e. The first-order valence-electron chi connectivity index (χ1n) is 3.69. The van der Waals surface area contributed by atoms with Gasteiger partial charge in [-0.25, -0.2) is 4.98 Å². The first-order chi connectivity index (χ1) is 5.49. The zero-order chi connectivity index (χ0) is 9.19. The second-order valence-electron chi connectivity index (χ2n) is 3.46. The van der Waals surface area contributed by atoms with Crippen molar-refractivity contribution >= 4 is 17.1 Å². The molecule has 0 aromatic carbocycles. The number of carbonyl (C=O) groups is 1. The van der Waals surface area contributed by atoms with Gasteiger partial charge in [-0.3, -0.25) is 4.79 Å². The summed E-state index contributed by atoms with van der Waals surface area (Å²) in [6.45, 7) is 3.66. The van der Waals surface area contributed by atoms with Gasteiger partial charge in [-0.2, -0.15) is 0 Å². The van der Waals surface area contributed by atoms with Gasteiger partial charge < -0.3 is 5.73 Å². The van der Waals surface area contributed by atoms with Gasteiger partial charge in [-0.15, -0.1) is 11.3 Å². The molecule has 0 fully saturated rings. The molecule has 1 aromatic heterocycles. The second-order valence-corrected chi connectivity index (χ2v) is 4.18. The van der Waals surface area contributed by atoms with E-state index in [4.69, 9.17) is 5.73 Å². The molecule has 0 aliphatic carbocycles. The van der Waals surface area contributed by atoms with Gasteiger partial charge in [0.1, 0.15) is 5.69 Å². The molecule has 3 nitrogen and oxygen atoms in total. The molecule has 0 spiro atoms. The molecular formula is C8H12N2OS. The van der Waals surface area contributed by atoms with E-state index in [1.807, 2.05) is 13.8 Å². The second kappa shape index (κ2) is 3.33. The Morgan fingerprint density at radius 1 is 1.75 bits per heavy atom. The van der Waals surface area contributed by atoms with E-state index in [1.54, 1.807) is 10.9 Å². The molecule has 0 aliphatic rings. The van der Waals surface area contributed by atoms with Gasteiger partial charge in [0, 0.05) is 17.3 Å². The predicted molar refractivity (Wildman–Crippen MR) is 49.3 cm³/mol. The van der Waals surface area contributed by atoms with Crippen LogP contribution in [0.25, 0.3) is 0 Å². The molecule has 0 saturated carbocycles. The average Bonchev–Trinajstić information content (AvgIpc) is 2.32.